The summed E-state index contributed by atoms with van der Waals surface area (Å²) in [4.78, 5) is 0. The van der Waals surface area contributed by atoms with E-state index in [1.807, 2.05) is 36.4 Å². The minimum atomic E-state index is -5.77. The quantitative estimate of drug-likeness (QED) is 0.153. The molecule has 0 N–H and O–H groups in total. The van der Waals surface area contributed by atoms with Gasteiger partial charge in [-0.05, 0) is 0 Å². The molecule has 3 heterocycles. The molecule has 0 amide bonds. The first kappa shape index (κ1) is 21.3. The van der Waals surface area contributed by atoms with Crippen LogP contribution in [0.5, 0.6) is 11.5 Å². The predicted octanol–water partition coefficient (Wildman–Crippen LogP) is 7.22. The van der Waals surface area contributed by atoms with Gasteiger partial charge in [0, 0.05) is 0 Å². The van der Waals surface area contributed by atoms with Crippen LogP contribution in [-0.2, 0) is 0 Å². The third-order valence-corrected chi connectivity index (χ3v) is 10.8. The zero-order valence-corrected chi connectivity index (χ0v) is 21.6. The molecule has 5 aromatic carbocycles. The van der Waals surface area contributed by atoms with E-state index >= 15 is 5.72 Å². The fourth-order valence-corrected chi connectivity index (χ4v) is 9.14. The van der Waals surface area contributed by atoms with Gasteiger partial charge in [-0.1, -0.05) is 0 Å². The van der Waals surface area contributed by atoms with E-state index in [0.717, 1.165) is 38.4 Å². The first-order valence-corrected chi connectivity index (χ1v) is 15.7. The summed E-state index contributed by atoms with van der Waals surface area (Å²) in [5, 5.41) is 2.27. The number of aromatic nitrogens is 1. The summed E-state index contributed by atoms with van der Waals surface area (Å²) >= 11 is -5.77. The molecule has 8 rings (SSSR count). The van der Waals surface area contributed by atoms with E-state index in [1.165, 1.54) is 0 Å². The molecule has 0 radical (unpaired) electrons. The SMILES string of the molecule is FI(F)(=Nc1ccccc1)c1cccc2c1B1c3c(cccc3-n3c4ccccc4c4cccc1c43)O2. The minimum absolute atomic E-state index is 0.0419. The van der Waals surface area contributed by atoms with E-state index in [2.05, 4.69) is 38.0 Å². The number of rotatable bonds is 2. The summed E-state index contributed by atoms with van der Waals surface area (Å²) in [6, 6.07) is 34.1. The molecular formula is C30H18BF2IN2O. The van der Waals surface area contributed by atoms with Crippen LogP contribution >= 0.6 is 19.4 Å². The van der Waals surface area contributed by atoms with Gasteiger partial charge < -0.3 is 0 Å². The second-order valence-corrected chi connectivity index (χ2v) is 13.3. The summed E-state index contributed by atoms with van der Waals surface area (Å²) < 4.78 is 45.0. The standard InChI is InChI=1S/C30H18BF2IN2O/c32-34(33,35-19-9-2-1-3-10-19)23-14-7-17-26-28(23)31-22-13-6-12-21-20-11-4-5-15-24(20)36(30(21)22)25-16-8-18-27(37-26)29(25)31/h1-18H. The van der Waals surface area contributed by atoms with Gasteiger partial charge in [-0.25, -0.2) is 0 Å². The summed E-state index contributed by atoms with van der Waals surface area (Å²) in [6.07, 6.45) is 0. The van der Waals surface area contributed by atoms with Crippen LogP contribution in [0.2, 0.25) is 0 Å². The van der Waals surface area contributed by atoms with E-state index in [1.54, 1.807) is 42.5 Å². The second kappa shape index (κ2) is 7.58. The molecule has 0 atom stereocenters. The Hall–Kier alpha value is -3.85. The van der Waals surface area contributed by atoms with Crippen LogP contribution in [0.4, 0.5) is 11.4 Å². The number of hydrogen-bond acceptors (Lipinski definition) is 2. The van der Waals surface area contributed by atoms with Crippen molar-refractivity contribution in [2.45, 2.75) is 0 Å². The Kier molecular flexibility index (Phi) is 4.36. The van der Waals surface area contributed by atoms with Crippen LogP contribution in [0, 0.1) is 3.57 Å². The van der Waals surface area contributed by atoms with E-state index in [4.69, 9.17) is 4.74 Å². The molecule has 178 valence electrons. The van der Waals surface area contributed by atoms with Crippen LogP contribution in [0.3, 0.4) is 0 Å². The molecule has 0 fully saturated rings. The number of benzene rings is 5. The Morgan fingerprint density at radius 3 is 2.24 bits per heavy atom. The van der Waals surface area contributed by atoms with E-state index in [-0.39, 0.29) is 10.3 Å². The van der Waals surface area contributed by atoms with Gasteiger partial charge in [0.25, 0.3) is 0 Å². The molecule has 0 saturated carbocycles. The topological polar surface area (TPSA) is 26.5 Å². The fourth-order valence-electron chi connectivity index (χ4n) is 5.95. The Bertz CT molecular complexity index is 1960. The van der Waals surface area contributed by atoms with Crippen molar-refractivity contribution in [1.29, 1.82) is 0 Å². The van der Waals surface area contributed by atoms with Crippen molar-refractivity contribution in [1.82, 2.24) is 4.57 Å². The molecule has 0 bridgehead atoms. The van der Waals surface area contributed by atoms with Crippen LogP contribution in [0.1, 0.15) is 0 Å². The first-order valence-electron chi connectivity index (χ1n) is 12.0. The zero-order valence-electron chi connectivity index (χ0n) is 19.4. The van der Waals surface area contributed by atoms with Crippen molar-refractivity contribution in [2.24, 2.45) is 3.15 Å². The van der Waals surface area contributed by atoms with E-state index in [9.17, 15) is 0 Å². The number of ether oxygens (including phenoxy) is 1. The van der Waals surface area contributed by atoms with E-state index in [0.29, 0.717) is 22.6 Å². The molecule has 7 heteroatoms. The molecule has 0 saturated heterocycles. The monoisotopic (exact) mass is 598 g/mol. The van der Waals surface area contributed by atoms with Gasteiger partial charge in [-0.2, -0.15) is 0 Å². The van der Waals surface area contributed by atoms with Crippen molar-refractivity contribution < 1.29 is 10.5 Å². The molecule has 6 aromatic rings. The maximum absolute atomic E-state index is 16.1. The predicted molar refractivity (Wildman–Crippen MR) is 155 cm³/mol. The van der Waals surface area contributed by atoms with Crippen LogP contribution in [0.25, 0.3) is 27.5 Å². The molecule has 37 heavy (non-hydrogen) atoms. The Balaban J connectivity index is 1.49. The Morgan fingerprint density at radius 1 is 0.676 bits per heavy atom. The van der Waals surface area contributed by atoms with Gasteiger partial charge in [0.15, 0.2) is 0 Å². The van der Waals surface area contributed by atoms with Gasteiger partial charge in [0.1, 0.15) is 0 Å². The Labute approximate surface area is 217 Å². The van der Waals surface area contributed by atoms with Crippen molar-refractivity contribution in [3.8, 4) is 17.2 Å². The summed E-state index contributed by atoms with van der Waals surface area (Å²) in [5.74, 6) is 1.20. The van der Waals surface area contributed by atoms with Gasteiger partial charge >= 0.3 is 218 Å². The zero-order chi connectivity index (χ0) is 24.7. The van der Waals surface area contributed by atoms with Crippen molar-refractivity contribution in [3.63, 3.8) is 0 Å². The summed E-state index contributed by atoms with van der Waals surface area (Å²) in [5.41, 5.74) is 5.94. The summed E-state index contributed by atoms with van der Waals surface area (Å²) in [7, 11) is 0. The molecule has 2 aliphatic heterocycles. The molecular weight excluding hydrogens is 580 g/mol. The first-order chi connectivity index (χ1) is 18.1. The third kappa shape index (κ3) is 2.91. The molecule has 3 nitrogen and oxygen atoms in total. The van der Waals surface area contributed by atoms with Crippen molar-refractivity contribution in [3.05, 3.63) is 113 Å². The fraction of sp³-hybridized carbons (Fsp3) is 0. The summed E-state index contributed by atoms with van der Waals surface area (Å²) in [6.45, 7) is -0.368. The molecule has 0 unspecified atom stereocenters. The number of hydrogen-bond donors (Lipinski definition) is 0. The second-order valence-electron chi connectivity index (χ2n) is 9.30. The number of nitrogens with zero attached hydrogens (tertiary/aromatic N) is 2. The average Bonchev–Trinajstić information content (AvgIpc) is 3.26. The van der Waals surface area contributed by atoms with Gasteiger partial charge in [0.2, 0.25) is 0 Å². The number of para-hydroxylation sites is 2. The van der Waals surface area contributed by atoms with E-state index < -0.39 is 19.4 Å². The third-order valence-electron chi connectivity index (χ3n) is 7.34. The average molecular weight is 598 g/mol. The maximum atomic E-state index is 16.1. The Morgan fingerprint density at radius 2 is 1.38 bits per heavy atom. The molecule has 1 aromatic heterocycles. The van der Waals surface area contributed by atoms with Gasteiger partial charge in [-0.3, -0.25) is 0 Å². The number of halogens is 3. The van der Waals surface area contributed by atoms with Crippen molar-refractivity contribution in [2.75, 3.05) is 0 Å². The van der Waals surface area contributed by atoms with Crippen LogP contribution < -0.4 is 21.1 Å². The van der Waals surface area contributed by atoms with Gasteiger partial charge in [-0.15, -0.1) is 0 Å². The van der Waals surface area contributed by atoms with Crippen LogP contribution in [-0.4, -0.2) is 11.3 Å². The molecule has 0 spiro atoms. The molecule has 0 aliphatic carbocycles. The van der Waals surface area contributed by atoms with Crippen LogP contribution in [0.15, 0.2) is 112 Å². The number of fused-ring (bicyclic) bond motifs is 7. The van der Waals surface area contributed by atoms with Gasteiger partial charge in [0.05, 0.1) is 0 Å². The van der Waals surface area contributed by atoms with Crippen molar-refractivity contribution >= 4 is 70.0 Å². The molecule has 2 aliphatic rings. The normalized spacial score (nSPS) is 13.7.